The summed E-state index contributed by atoms with van der Waals surface area (Å²) in [5.74, 6) is -1.03. The molecule has 1 N–H and O–H groups in total. The van der Waals surface area contributed by atoms with Crippen molar-refractivity contribution in [2.75, 3.05) is 12.0 Å². The summed E-state index contributed by atoms with van der Waals surface area (Å²) in [5.41, 5.74) is 1.47. The quantitative estimate of drug-likeness (QED) is 0.257. The first-order chi connectivity index (χ1) is 19.4. The number of methoxy groups -OCH3 is 1. The summed E-state index contributed by atoms with van der Waals surface area (Å²) in [7, 11) is 1.52. The Labute approximate surface area is 232 Å². The number of benzene rings is 2. The van der Waals surface area contributed by atoms with E-state index in [1.54, 1.807) is 6.07 Å². The number of hydrogen-bond donors (Lipinski definition) is 1. The topological polar surface area (TPSA) is 97.9 Å². The van der Waals surface area contributed by atoms with Gasteiger partial charge in [0.1, 0.15) is 34.4 Å². The maximum absolute atomic E-state index is 14.6. The number of piperidine rings is 1. The molecule has 40 heavy (non-hydrogen) atoms. The van der Waals surface area contributed by atoms with Gasteiger partial charge in [-0.3, -0.25) is 0 Å². The molecule has 11 heteroatoms. The maximum atomic E-state index is 14.6. The van der Waals surface area contributed by atoms with Crippen LogP contribution in [0.3, 0.4) is 0 Å². The van der Waals surface area contributed by atoms with Gasteiger partial charge >= 0.3 is 5.97 Å². The molecule has 2 saturated heterocycles. The SMILES string of the molecule is COc1cc(C(=O)O)cc2sc(N3[C@@H]4CC[C@H]3CC(OCc3c(-c5c(F)cccc5F)noc3C3CC3)C4)nc12. The second-order valence-electron chi connectivity index (χ2n) is 10.8. The van der Waals surface area contributed by atoms with E-state index in [9.17, 15) is 18.7 Å². The minimum absolute atomic E-state index is 0.0310. The lowest BCUT2D eigenvalue weighted by Gasteiger charge is -2.38. The van der Waals surface area contributed by atoms with Crippen molar-refractivity contribution in [3.63, 3.8) is 0 Å². The van der Waals surface area contributed by atoms with Crippen LogP contribution in [-0.2, 0) is 11.3 Å². The Kier molecular flexibility index (Phi) is 6.23. The summed E-state index contributed by atoms with van der Waals surface area (Å²) in [5, 5.41) is 14.4. The highest BCUT2D eigenvalue weighted by molar-refractivity contribution is 7.22. The standard InChI is InChI=1S/C29H27F2N3O5S/c1-37-22-9-15(28(35)36)10-23-26(22)32-29(40-23)34-16-7-8-17(34)12-18(11-16)38-13-19-25(33-39-27(19)14-5-6-14)24-20(30)3-2-4-21(24)31/h2-4,9-10,14,16-18H,5-8,11-13H2,1H3,(H,35,36)/t16-,17+,18?. The Balaban J connectivity index is 1.11. The van der Waals surface area contributed by atoms with Gasteiger partial charge in [0.05, 0.1) is 35.6 Å². The van der Waals surface area contributed by atoms with E-state index < -0.39 is 17.6 Å². The van der Waals surface area contributed by atoms with Crippen molar-refractivity contribution in [3.05, 3.63) is 58.9 Å². The number of nitrogens with zero attached hydrogens (tertiary/aromatic N) is 3. The van der Waals surface area contributed by atoms with Crippen molar-refractivity contribution in [1.82, 2.24) is 10.1 Å². The highest BCUT2D eigenvalue weighted by atomic mass is 32.1. The first-order valence-electron chi connectivity index (χ1n) is 13.5. The molecular formula is C29H27F2N3O5S. The summed E-state index contributed by atoms with van der Waals surface area (Å²) in [4.78, 5) is 18.8. The van der Waals surface area contributed by atoms with Crippen LogP contribution in [0.1, 0.15) is 66.1 Å². The lowest BCUT2D eigenvalue weighted by Crippen LogP contribution is -2.45. The van der Waals surface area contributed by atoms with E-state index in [1.807, 2.05) is 0 Å². The van der Waals surface area contributed by atoms with Crippen LogP contribution in [0.5, 0.6) is 5.75 Å². The second kappa shape index (κ2) is 9.81. The molecule has 2 aliphatic heterocycles. The molecule has 2 bridgehead atoms. The highest BCUT2D eigenvalue weighted by Crippen LogP contribution is 2.47. The fourth-order valence-corrected chi connectivity index (χ4v) is 7.37. The van der Waals surface area contributed by atoms with Crippen LogP contribution in [0, 0.1) is 11.6 Å². The molecule has 7 rings (SSSR count). The van der Waals surface area contributed by atoms with Crippen LogP contribution < -0.4 is 9.64 Å². The average Bonchev–Trinajstić information content (AvgIpc) is 3.46. The number of carboxylic acids is 1. The molecule has 0 spiro atoms. The van der Waals surface area contributed by atoms with Crippen molar-refractivity contribution in [2.24, 2.45) is 0 Å². The molecule has 208 valence electrons. The zero-order valence-electron chi connectivity index (χ0n) is 21.7. The molecule has 3 atom stereocenters. The molecule has 1 aliphatic carbocycles. The lowest BCUT2D eigenvalue weighted by atomic mass is 10.00. The van der Waals surface area contributed by atoms with Crippen LogP contribution in [0.2, 0.25) is 0 Å². The van der Waals surface area contributed by atoms with Gasteiger partial charge in [-0.25, -0.2) is 18.6 Å². The van der Waals surface area contributed by atoms with E-state index in [4.69, 9.17) is 19.0 Å². The monoisotopic (exact) mass is 567 g/mol. The molecule has 3 aliphatic rings. The van der Waals surface area contributed by atoms with Gasteiger partial charge in [-0.05, 0) is 62.8 Å². The molecule has 2 aromatic heterocycles. The molecule has 1 unspecified atom stereocenters. The van der Waals surface area contributed by atoms with Crippen molar-refractivity contribution in [3.8, 4) is 17.0 Å². The van der Waals surface area contributed by atoms with Gasteiger partial charge in [0.2, 0.25) is 0 Å². The Morgan fingerprint density at radius 1 is 1.15 bits per heavy atom. The normalized spacial score (nSPS) is 22.3. The van der Waals surface area contributed by atoms with E-state index in [0.29, 0.717) is 22.6 Å². The minimum Gasteiger partial charge on any atom is -0.494 e. The number of ether oxygens (including phenoxy) is 2. The fraction of sp³-hybridized carbons (Fsp3) is 0.414. The third-order valence-electron chi connectivity index (χ3n) is 8.26. The zero-order chi connectivity index (χ0) is 27.5. The molecule has 0 radical (unpaired) electrons. The summed E-state index contributed by atoms with van der Waals surface area (Å²) in [6.07, 6.45) is 5.48. The molecule has 8 nitrogen and oxygen atoms in total. The van der Waals surface area contributed by atoms with Crippen molar-refractivity contribution in [1.29, 1.82) is 0 Å². The molecule has 0 amide bonds. The van der Waals surface area contributed by atoms with E-state index in [0.717, 1.165) is 48.4 Å². The molecule has 2 aromatic carbocycles. The Hall–Kier alpha value is -3.57. The first kappa shape index (κ1) is 25.4. The van der Waals surface area contributed by atoms with Gasteiger partial charge in [0.25, 0.3) is 0 Å². The van der Waals surface area contributed by atoms with Crippen molar-refractivity contribution in [2.45, 2.75) is 69.2 Å². The molecule has 4 heterocycles. The number of carbonyl (C=O) groups is 1. The lowest BCUT2D eigenvalue weighted by molar-refractivity contribution is 0.0147. The molecule has 3 fully saturated rings. The van der Waals surface area contributed by atoms with Crippen LogP contribution in [0.15, 0.2) is 34.9 Å². The third-order valence-corrected chi connectivity index (χ3v) is 9.27. The smallest absolute Gasteiger partial charge is 0.335 e. The number of aromatic nitrogens is 2. The number of anilines is 1. The highest BCUT2D eigenvalue weighted by Gasteiger charge is 2.43. The largest absolute Gasteiger partial charge is 0.494 e. The first-order valence-corrected chi connectivity index (χ1v) is 14.3. The van der Waals surface area contributed by atoms with Gasteiger partial charge in [-0.2, -0.15) is 0 Å². The van der Waals surface area contributed by atoms with Crippen LogP contribution in [0.25, 0.3) is 21.5 Å². The number of halogens is 2. The van der Waals surface area contributed by atoms with E-state index in [-0.39, 0.29) is 47.5 Å². The second-order valence-corrected chi connectivity index (χ2v) is 11.8. The van der Waals surface area contributed by atoms with Gasteiger partial charge in [-0.15, -0.1) is 0 Å². The van der Waals surface area contributed by atoms with E-state index in [2.05, 4.69) is 10.1 Å². The molecule has 1 saturated carbocycles. The Bertz CT molecular complexity index is 1580. The summed E-state index contributed by atoms with van der Waals surface area (Å²) in [6.45, 7) is 0.179. The summed E-state index contributed by atoms with van der Waals surface area (Å²) >= 11 is 1.48. The number of carboxylic acid groups (broad SMARTS) is 1. The van der Waals surface area contributed by atoms with Crippen molar-refractivity contribution >= 4 is 32.7 Å². The van der Waals surface area contributed by atoms with Gasteiger partial charge in [0.15, 0.2) is 5.13 Å². The third kappa shape index (κ3) is 4.32. The zero-order valence-corrected chi connectivity index (χ0v) is 22.5. The molecular weight excluding hydrogens is 540 g/mol. The van der Waals surface area contributed by atoms with E-state index in [1.165, 1.54) is 42.7 Å². The van der Waals surface area contributed by atoms with Crippen LogP contribution >= 0.6 is 11.3 Å². The number of hydrogen-bond acceptors (Lipinski definition) is 8. The van der Waals surface area contributed by atoms with Crippen LogP contribution in [0.4, 0.5) is 13.9 Å². The maximum Gasteiger partial charge on any atom is 0.335 e. The minimum atomic E-state index is -1.01. The number of fused-ring (bicyclic) bond motifs is 3. The van der Waals surface area contributed by atoms with Gasteiger partial charge < -0.3 is 24.0 Å². The summed E-state index contributed by atoms with van der Waals surface area (Å²) < 4.78 is 47.5. The predicted molar refractivity (Wildman–Crippen MR) is 144 cm³/mol. The van der Waals surface area contributed by atoms with Gasteiger partial charge in [0, 0.05) is 23.6 Å². The Morgan fingerprint density at radius 2 is 1.88 bits per heavy atom. The predicted octanol–water partition coefficient (Wildman–Crippen LogP) is 6.53. The number of rotatable bonds is 8. The van der Waals surface area contributed by atoms with Crippen molar-refractivity contribution < 1.29 is 32.7 Å². The Morgan fingerprint density at radius 3 is 2.52 bits per heavy atom. The number of aromatic carboxylic acids is 1. The van der Waals surface area contributed by atoms with Gasteiger partial charge in [-0.1, -0.05) is 22.6 Å². The fourth-order valence-electron chi connectivity index (χ4n) is 6.20. The molecule has 4 aromatic rings. The number of thiazole rings is 1. The van der Waals surface area contributed by atoms with Crippen LogP contribution in [-0.4, -0.2) is 46.5 Å². The summed E-state index contributed by atoms with van der Waals surface area (Å²) in [6, 6.07) is 7.38. The van der Waals surface area contributed by atoms with E-state index >= 15 is 0 Å². The average molecular weight is 568 g/mol.